The van der Waals surface area contributed by atoms with Gasteiger partial charge in [0.1, 0.15) is 5.82 Å². The summed E-state index contributed by atoms with van der Waals surface area (Å²) in [4.78, 5) is 0. The molecule has 0 heterocycles. The molecule has 0 aliphatic heterocycles. The van der Waals surface area contributed by atoms with Crippen molar-refractivity contribution in [3.63, 3.8) is 0 Å². The molecule has 0 amide bonds. The van der Waals surface area contributed by atoms with Gasteiger partial charge in [-0.3, -0.25) is 0 Å². The van der Waals surface area contributed by atoms with E-state index in [9.17, 15) is 4.39 Å². The van der Waals surface area contributed by atoms with Crippen molar-refractivity contribution >= 4 is 22.4 Å². The minimum absolute atomic E-state index is 0.211. The first kappa shape index (κ1) is 8.25. The van der Waals surface area contributed by atoms with Crippen LogP contribution in [0.25, 0.3) is 10.8 Å². The van der Waals surface area contributed by atoms with Gasteiger partial charge in [0.25, 0.3) is 0 Å². The largest absolute Gasteiger partial charge is 0.206 e. The summed E-state index contributed by atoms with van der Waals surface area (Å²) in [6, 6.07) is 7.17. The molecule has 0 atom stereocenters. The highest BCUT2D eigenvalue weighted by molar-refractivity contribution is 6.35. The molecule has 0 fully saturated rings. The Morgan fingerprint density at radius 2 is 1.57 bits per heavy atom. The number of benzene rings is 2. The SMILES string of the molecule is Fc1ccc2c3c(ccc(Cl)c13)CC2. The van der Waals surface area contributed by atoms with Crippen molar-refractivity contribution in [2.75, 3.05) is 0 Å². The molecule has 0 unspecified atom stereocenters. The molecule has 1 aliphatic rings. The van der Waals surface area contributed by atoms with E-state index < -0.39 is 0 Å². The predicted molar refractivity (Wildman–Crippen MR) is 56.3 cm³/mol. The van der Waals surface area contributed by atoms with Gasteiger partial charge in [0.05, 0.1) is 5.02 Å². The molecule has 0 saturated heterocycles. The fourth-order valence-corrected chi connectivity index (χ4v) is 2.49. The van der Waals surface area contributed by atoms with E-state index in [4.69, 9.17) is 11.6 Å². The van der Waals surface area contributed by atoms with E-state index in [1.165, 1.54) is 17.2 Å². The maximum absolute atomic E-state index is 13.6. The standard InChI is InChI=1S/C12H8ClF/c13-9-5-3-7-1-2-8-4-6-10(14)12(9)11(7)8/h3-6H,1-2H2. The normalized spacial score (nSPS) is 13.9. The molecule has 0 bridgehead atoms. The number of aryl methyl sites for hydroxylation is 2. The molecule has 0 nitrogen and oxygen atoms in total. The van der Waals surface area contributed by atoms with Gasteiger partial charge in [0, 0.05) is 5.39 Å². The van der Waals surface area contributed by atoms with Gasteiger partial charge in [-0.1, -0.05) is 23.7 Å². The third-order valence-corrected chi connectivity index (χ3v) is 3.21. The summed E-state index contributed by atoms with van der Waals surface area (Å²) >= 11 is 5.99. The maximum Gasteiger partial charge on any atom is 0.132 e. The summed E-state index contributed by atoms with van der Waals surface area (Å²) in [6.45, 7) is 0. The van der Waals surface area contributed by atoms with Crippen molar-refractivity contribution in [2.24, 2.45) is 0 Å². The smallest absolute Gasteiger partial charge is 0.132 e. The van der Waals surface area contributed by atoms with Crippen molar-refractivity contribution in [1.29, 1.82) is 0 Å². The van der Waals surface area contributed by atoms with Gasteiger partial charge in [-0.05, 0) is 41.5 Å². The Morgan fingerprint density at radius 3 is 2.29 bits per heavy atom. The Kier molecular flexibility index (Phi) is 1.59. The molecule has 14 heavy (non-hydrogen) atoms. The molecule has 0 radical (unpaired) electrons. The molecule has 0 N–H and O–H groups in total. The monoisotopic (exact) mass is 206 g/mol. The van der Waals surface area contributed by atoms with Gasteiger partial charge < -0.3 is 0 Å². The zero-order valence-electron chi connectivity index (χ0n) is 7.48. The van der Waals surface area contributed by atoms with Crippen molar-refractivity contribution in [3.05, 3.63) is 46.2 Å². The fraction of sp³-hybridized carbons (Fsp3) is 0.167. The Balaban J connectivity index is 2.60. The molecular formula is C12H8ClF. The maximum atomic E-state index is 13.6. The van der Waals surface area contributed by atoms with E-state index >= 15 is 0 Å². The molecule has 70 valence electrons. The van der Waals surface area contributed by atoms with Crippen LogP contribution in [0.5, 0.6) is 0 Å². The highest BCUT2D eigenvalue weighted by atomic mass is 35.5. The fourth-order valence-electron chi connectivity index (χ4n) is 2.25. The Hall–Kier alpha value is -1.08. The average molecular weight is 207 g/mol. The van der Waals surface area contributed by atoms with Crippen LogP contribution in [0.2, 0.25) is 5.02 Å². The van der Waals surface area contributed by atoms with E-state index in [-0.39, 0.29) is 5.82 Å². The van der Waals surface area contributed by atoms with Crippen LogP contribution in [0.1, 0.15) is 11.1 Å². The topological polar surface area (TPSA) is 0 Å². The van der Waals surface area contributed by atoms with Crippen LogP contribution in [0.4, 0.5) is 4.39 Å². The van der Waals surface area contributed by atoms with Gasteiger partial charge in [-0.2, -0.15) is 0 Å². The van der Waals surface area contributed by atoms with Crippen molar-refractivity contribution in [3.8, 4) is 0 Å². The average Bonchev–Trinajstić information content (AvgIpc) is 2.58. The summed E-state index contributed by atoms with van der Waals surface area (Å²) in [5, 5.41) is 2.15. The molecule has 3 rings (SSSR count). The zero-order chi connectivity index (χ0) is 9.71. The Morgan fingerprint density at radius 1 is 0.929 bits per heavy atom. The third-order valence-electron chi connectivity index (χ3n) is 2.90. The van der Waals surface area contributed by atoms with Crippen LogP contribution in [0.15, 0.2) is 24.3 Å². The van der Waals surface area contributed by atoms with Crippen LogP contribution < -0.4 is 0 Å². The minimum atomic E-state index is -0.211. The lowest BCUT2D eigenvalue weighted by atomic mass is 10.0. The van der Waals surface area contributed by atoms with Crippen LogP contribution in [-0.2, 0) is 12.8 Å². The van der Waals surface area contributed by atoms with E-state index in [0.29, 0.717) is 10.4 Å². The highest BCUT2D eigenvalue weighted by Gasteiger charge is 2.17. The first-order chi connectivity index (χ1) is 6.77. The van der Waals surface area contributed by atoms with Crippen molar-refractivity contribution < 1.29 is 4.39 Å². The second-order valence-electron chi connectivity index (χ2n) is 3.66. The number of hydrogen-bond acceptors (Lipinski definition) is 0. The molecule has 2 aromatic carbocycles. The van der Waals surface area contributed by atoms with Crippen LogP contribution in [0.3, 0.4) is 0 Å². The number of halogens is 2. The van der Waals surface area contributed by atoms with Gasteiger partial charge in [0.2, 0.25) is 0 Å². The van der Waals surface area contributed by atoms with Crippen LogP contribution in [0, 0.1) is 5.82 Å². The highest BCUT2D eigenvalue weighted by Crippen LogP contribution is 2.36. The summed E-state index contributed by atoms with van der Waals surface area (Å²) in [5.41, 5.74) is 2.44. The van der Waals surface area contributed by atoms with Gasteiger partial charge in [0.15, 0.2) is 0 Å². The molecule has 2 aromatic rings. The van der Waals surface area contributed by atoms with Gasteiger partial charge in [-0.25, -0.2) is 4.39 Å². The summed E-state index contributed by atoms with van der Waals surface area (Å²) in [5.74, 6) is -0.211. The van der Waals surface area contributed by atoms with Crippen LogP contribution in [-0.4, -0.2) is 0 Å². The van der Waals surface area contributed by atoms with E-state index in [1.54, 1.807) is 6.07 Å². The molecule has 0 aromatic heterocycles. The van der Waals surface area contributed by atoms with E-state index in [0.717, 1.165) is 18.2 Å². The lowest BCUT2D eigenvalue weighted by Crippen LogP contribution is -1.84. The molecular weight excluding hydrogens is 199 g/mol. The lowest BCUT2D eigenvalue weighted by Gasteiger charge is -2.04. The van der Waals surface area contributed by atoms with E-state index in [1.807, 2.05) is 12.1 Å². The zero-order valence-corrected chi connectivity index (χ0v) is 8.24. The Bertz CT molecular complexity index is 487. The third kappa shape index (κ3) is 0.934. The Labute approximate surface area is 86.3 Å². The predicted octanol–water partition coefficient (Wildman–Crippen LogP) is 3.73. The molecule has 2 heteroatoms. The summed E-state index contributed by atoms with van der Waals surface area (Å²) < 4.78 is 13.6. The first-order valence-corrected chi connectivity index (χ1v) is 5.03. The molecule has 0 saturated carbocycles. The van der Waals surface area contributed by atoms with Gasteiger partial charge in [-0.15, -0.1) is 0 Å². The summed E-state index contributed by atoms with van der Waals surface area (Å²) in [7, 11) is 0. The minimum Gasteiger partial charge on any atom is -0.206 e. The summed E-state index contributed by atoms with van der Waals surface area (Å²) in [6.07, 6.45) is 2.01. The van der Waals surface area contributed by atoms with E-state index in [2.05, 4.69) is 0 Å². The second kappa shape index (κ2) is 2.71. The van der Waals surface area contributed by atoms with Crippen molar-refractivity contribution in [1.82, 2.24) is 0 Å². The molecule has 0 spiro atoms. The number of rotatable bonds is 0. The van der Waals surface area contributed by atoms with Crippen molar-refractivity contribution in [2.45, 2.75) is 12.8 Å². The first-order valence-electron chi connectivity index (χ1n) is 4.66. The number of hydrogen-bond donors (Lipinski definition) is 0. The second-order valence-corrected chi connectivity index (χ2v) is 4.07. The quantitative estimate of drug-likeness (QED) is 0.616. The lowest BCUT2D eigenvalue weighted by molar-refractivity contribution is 0.639. The van der Waals surface area contributed by atoms with Gasteiger partial charge >= 0.3 is 0 Å². The van der Waals surface area contributed by atoms with Crippen LogP contribution >= 0.6 is 11.6 Å². The molecule has 1 aliphatic carbocycles.